The highest BCUT2D eigenvalue weighted by Gasteiger charge is 2.19. The third-order valence-electron chi connectivity index (χ3n) is 4.96. The lowest BCUT2D eigenvalue weighted by atomic mass is 10.2. The number of carbonyl (C=O) groups excluding carboxylic acids is 2. The number of allylic oxidation sites excluding steroid dienone is 1. The third kappa shape index (κ3) is 6.24. The van der Waals surface area contributed by atoms with Crippen LogP contribution < -0.4 is 15.0 Å². The summed E-state index contributed by atoms with van der Waals surface area (Å²) in [5.41, 5.74) is 2.50. The molecule has 2 amide bonds. The average molecular weight is 591 g/mol. The van der Waals surface area contributed by atoms with Crippen LogP contribution in [-0.4, -0.2) is 34.8 Å². The van der Waals surface area contributed by atoms with Gasteiger partial charge in [-0.25, -0.2) is 4.98 Å². The first-order chi connectivity index (χ1) is 15.7. The van der Waals surface area contributed by atoms with Crippen molar-refractivity contribution in [2.24, 2.45) is 0 Å². The molecule has 182 valence electrons. The first-order valence-corrected chi connectivity index (χ1v) is 11.7. The number of benzene rings is 1. The Morgan fingerprint density at radius 3 is 2.74 bits per heavy atom. The molecule has 0 fully saturated rings. The lowest BCUT2D eigenvalue weighted by Gasteiger charge is -2.21. The summed E-state index contributed by atoms with van der Waals surface area (Å²) in [6, 6.07) is 6.98. The number of aryl methyl sites for hydroxylation is 1. The highest BCUT2D eigenvalue weighted by atomic mass is 79.9. The van der Waals surface area contributed by atoms with Crippen molar-refractivity contribution < 1.29 is 14.3 Å². The molecule has 7 nitrogen and oxygen atoms in total. The van der Waals surface area contributed by atoms with Gasteiger partial charge in [-0.3, -0.25) is 14.0 Å². The largest absolute Gasteiger partial charge is 0.485 e. The van der Waals surface area contributed by atoms with E-state index in [-0.39, 0.29) is 43.8 Å². The molecule has 3 rings (SSSR count). The van der Waals surface area contributed by atoms with Gasteiger partial charge in [-0.05, 0) is 54.0 Å². The number of ether oxygens (including phenoxy) is 1. The van der Waals surface area contributed by atoms with Crippen molar-refractivity contribution in [1.29, 1.82) is 0 Å². The number of anilines is 1. The minimum Gasteiger partial charge on any atom is -0.485 e. The molecule has 0 bridgehead atoms. The maximum absolute atomic E-state index is 12.6. The molecule has 0 saturated carbocycles. The Bertz CT molecular complexity index is 1230. The molecule has 3 aromatic rings. The van der Waals surface area contributed by atoms with Crippen LogP contribution in [0.1, 0.15) is 24.6 Å². The van der Waals surface area contributed by atoms with Crippen molar-refractivity contribution in [2.75, 3.05) is 18.5 Å². The van der Waals surface area contributed by atoms with E-state index in [1.807, 2.05) is 36.6 Å². The molecule has 2 aromatic heterocycles. The van der Waals surface area contributed by atoms with Crippen LogP contribution in [0.25, 0.3) is 5.65 Å². The maximum Gasteiger partial charge on any atom is 0.246 e. The molecule has 0 aliphatic carbocycles. The van der Waals surface area contributed by atoms with E-state index in [1.54, 1.807) is 31.3 Å². The Balaban J connectivity index is 0.00000408. The number of rotatable bonds is 8. The van der Waals surface area contributed by atoms with Crippen molar-refractivity contribution in [3.05, 3.63) is 68.5 Å². The van der Waals surface area contributed by atoms with Crippen LogP contribution in [0.4, 0.5) is 5.69 Å². The van der Waals surface area contributed by atoms with E-state index < -0.39 is 0 Å². The van der Waals surface area contributed by atoms with Gasteiger partial charge in [-0.1, -0.05) is 35.4 Å². The van der Waals surface area contributed by atoms with Gasteiger partial charge in [0.15, 0.2) is 11.4 Å². The van der Waals surface area contributed by atoms with Gasteiger partial charge in [0.1, 0.15) is 11.2 Å². The number of halogens is 4. The molecule has 0 unspecified atom stereocenters. The normalized spacial score (nSPS) is 10.9. The zero-order valence-corrected chi connectivity index (χ0v) is 22.7. The van der Waals surface area contributed by atoms with Crippen molar-refractivity contribution >= 4 is 74.7 Å². The first kappa shape index (κ1) is 28.0. The molecule has 34 heavy (non-hydrogen) atoms. The smallest absolute Gasteiger partial charge is 0.246 e. The summed E-state index contributed by atoms with van der Waals surface area (Å²) in [5.74, 6) is 0.0145. The minimum atomic E-state index is -0.317. The average Bonchev–Trinajstić information content (AvgIpc) is 3.09. The van der Waals surface area contributed by atoms with E-state index in [9.17, 15) is 9.59 Å². The number of aromatic nitrogens is 2. The van der Waals surface area contributed by atoms with Gasteiger partial charge < -0.3 is 15.0 Å². The Labute approximate surface area is 222 Å². The van der Waals surface area contributed by atoms with E-state index >= 15 is 0 Å². The van der Waals surface area contributed by atoms with Crippen LogP contribution in [0.15, 0.2) is 47.2 Å². The lowest BCUT2D eigenvalue weighted by Crippen LogP contribution is -2.38. The second kappa shape index (κ2) is 12.4. The number of nitrogens with zero attached hydrogens (tertiary/aromatic N) is 3. The van der Waals surface area contributed by atoms with Crippen LogP contribution in [0.3, 0.4) is 0 Å². The maximum atomic E-state index is 12.6. The van der Waals surface area contributed by atoms with Gasteiger partial charge >= 0.3 is 0 Å². The number of fused-ring (bicyclic) bond motifs is 1. The minimum absolute atomic E-state index is 0. The number of pyridine rings is 1. The zero-order valence-electron chi connectivity index (χ0n) is 18.8. The van der Waals surface area contributed by atoms with Crippen LogP contribution in [0.5, 0.6) is 5.75 Å². The summed E-state index contributed by atoms with van der Waals surface area (Å²) in [4.78, 5) is 30.3. The fourth-order valence-corrected chi connectivity index (χ4v) is 4.07. The Morgan fingerprint density at radius 1 is 1.29 bits per heavy atom. The van der Waals surface area contributed by atoms with Crippen LogP contribution >= 0.6 is 51.5 Å². The number of nitrogens with one attached hydrogen (secondary N) is 1. The van der Waals surface area contributed by atoms with Crippen molar-refractivity contribution in [3.8, 4) is 5.75 Å². The fourth-order valence-electron chi connectivity index (χ4n) is 3.09. The molecule has 0 spiro atoms. The Kier molecular flexibility index (Phi) is 10.2. The molecule has 0 atom stereocenters. The van der Waals surface area contributed by atoms with Crippen LogP contribution in [-0.2, 0) is 16.2 Å². The van der Waals surface area contributed by atoms with Gasteiger partial charge in [0.05, 0.1) is 22.9 Å². The quantitative estimate of drug-likeness (QED) is 0.339. The molecular formula is C23H24BrCl3N4O3. The summed E-state index contributed by atoms with van der Waals surface area (Å²) in [7, 11) is 1.59. The molecule has 0 aliphatic heterocycles. The SMILES string of the molecule is C/C=C/CC(=O)NCC(=O)N(C)c1ccc(Cl)c(COc2cccn3c(Br)c(C)nc23)c1Cl.Cl. The summed E-state index contributed by atoms with van der Waals surface area (Å²) in [6.07, 6.45) is 5.59. The highest BCUT2D eigenvalue weighted by molar-refractivity contribution is 9.10. The number of amides is 2. The van der Waals surface area contributed by atoms with Crippen LogP contribution in [0, 0.1) is 6.92 Å². The molecular weight excluding hydrogens is 567 g/mol. The summed E-state index contributed by atoms with van der Waals surface area (Å²) >= 11 is 16.5. The number of carbonyl (C=O) groups is 2. The van der Waals surface area contributed by atoms with Crippen molar-refractivity contribution in [1.82, 2.24) is 14.7 Å². The van der Waals surface area contributed by atoms with Gasteiger partial charge in [0.2, 0.25) is 11.8 Å². The second-order valence-electron chi connectivity index (χ2n) is 7.20. The summed E-state index contributed by atoms with van der Waals surface area (Å²) in [6.45, 7) is 3.66. The zero-order chi connectivity index (χ0) is 24.1. The molecule has 0 aliphatic rings. The fraction of sp³-hybridized carbons (Fsp3) is 0.261. The molecule has 0 radical (unpaired) electrons. The standard InChI is InChI=1S/C23H23BrCl2N4O3.ClH/c1-4-5-8-19(31)27-12-20(32)29(3)17-10-9-16(25)15(21(17)26)13-33-18-7-6-11-30-22(24)14(2)28-23(18)30;/h4-7,9-11H,8,12-13H2,1-3H3,(H,27,31);1H/b5-4+;. The first-order valence-electron chi connectivity index (χ1n) is 10.1. The van der Waals surface area contributed by atoms with Gasteiger partial charge in [-0.2, -0.15) is 0 Å². The molecule has 11 heteroatoms. The second-order valence-corrected chi connectivity index (χ2v) is 8.74. The Hall–Kier alpha value is -2.26. The third-order valence-corrected chi connectivity index (χ3v) is 6.70. The molecule has 1 aromatic carbocycles. The van der Waals surface area contributed by atoms with Gasteiger partial charge in [0.25, 0.3) is 0 Å². The van der Waals surface area contributed by atoms with Crippen molar-refractivity contribution in [3.63, 3.8) is 0 Å². The van der Waals surface area contributed by atoms with Gasteiger partial charge in [0, 0.05) is 30.3 Å². The molecule has 0 saturated heterocycles. The predicted octanol–water partition coefficient (Wildman–Crippen LogP) is 5.76. The van der Waals surface area contributed by atoms with E-state index in [2.05, 4.69) is 26.2 Å². The lowest BCUT2D eigenvalue weighted by molar-refractivity contribution is -0.124. The highest BCUT2D eigenvalue weighted by Crippen LogP contribution is 2.35. The summed E-state index contributed by atoms with van der Waals surface area (Å²) < 4.78 is 8.73. The van der Waals surface area contributed by atoms with E-state index in [1.165, 1.54) is 4.90 Å². The van der Waals surface area contributed by atoms with Crippen molar-refractivity contribution in [2.45, 2.75) is 26.9 Å². The number of imidazole rings is 1. The number of hydrogen-bond acceptors (Lipinski definition) is 4. The van der Waals surface area contributed by atoms with E-state index in [4.69, 9.17) is 27.9 Å². The van der Waals surface area contributed by atoms with Gasteiger partial charge in [-0.15, -0.1) is 12.4 Å². The monoisotopic (exact) mass is 588 g/mol. The molecule has 1 N–H and O–H groups in total. The number of hydrogen-bond donors (Lipinski definition) is 1. The van der Waals surface area contributed by atoms with Crippen LogP contribution in [0.2, 0.25) is 10.0 Å². The Morgan fingerprint density at radius 2 is 2.03 bits per heavy atom. The molecule has 2 heterocycles. The number of likely N-dealkylation sites (N-methyl/N-ethyl adjacent to an activating group) is 1. The summed E-state index contributed by atoms with van der Waals surface area (Å²) in [5, 5.41) is 3.31. The predicted molar refractivity (Wildman–Crippen MR) is 142 cm³/mol. The van der Waals surface area contributed by atoms with E-state index in [0.29, 0.717) is 32.7 Å². The van der Waals surface area contributed by atoms with E-state index in [0.717, 1.165) is 10.3 Å². The topological polar surface area (TPSA) is 75.9 Å².